The van der Waals surface area contributed by atoms with Crippen LogP contribution in [0.25, 0.3) is 0 Å². The highest BCUT2D eigenvalue weighted by atomic mass is 16.5. The van der Waals surface area contributed by atoms with Crippen molar-refractivity contribution in [2.45, 2.75) is 39.3 Å². The number of amides is 2. The first kappa shape index (κ1) is 21.7. The van der Waals surface area contributed by atoms with Crippen molar-refractivity contribution < 1.29 is 14.3 Å². The van der Waals surface area contributed by atoms with Crippen molar-refractivity contribution in [1.29, 1.82) is 0 Å². The normalized spacial score (nSPS) is 16.4. The van der Waals surface area contributed by atoms with Gasteiger partial charge in [0.2, 0.25) is 5.91 Å². The van der Waals surface area contributed by atoms with E-state index in [2.05, 4.69) is 48.7 Å². The summed E-state index contributed by atoms with van der Waals surface area (Å²) in [5.41, 5.74) is 3.19. The van der Waals surface area contributed by atoms with Crippen molar-refractivity contribution >= 4 is 17.5 Å². The molecule has 0 aromatic heterocycles. The van der Waals surface area contributed by atoms with Crippen molar-refractivity contribution in [2.75, 3.05) is 25.0 Å². The number of anilines is 1. The predicted molar refractivity (Wildman–Crippen MR) is 119 cm³/mol. The lowest BCUT2D eigenvalue weighted by molar-refractivity contribution is -0.127. The van der Waals surface area contributed by atoms with Gasteiger partial charge in [0, 0.05) is 7.05 Å². The monoisotopic (exact) mass is 409 g/mol. The molecule has 2 aromatic carbocycles. The predicted octanol–water partition coefficient (Wildman–Crippen LogP) is 3.08. The van der Waals surface area contributed by atoms with E-state index in [1.165, 1.54) is 5.56 Å². The third-order valence-corrected chi connectivity index (χ3v) is 5.24. The second-order valence-corrected chi connectivity index (χ2v) is 8.20. The number of carbonyl (C=O) groups is 2. The molecule has 0 saturated carbocycles. The number of nitrogens with one attached hydrogen (secondary N) is 2. The maximum Gasteiger partial charge on any atom is 0.262 e. The van der Waals surface area contributed by atoms with Gasteiger partial charge in [-0.3, -0.25) is 9.59 Å². The molecule has 30 heavy (non-hydrogen) atoms. The lowest BCUT2D eigenvalue weighted by Gasteiger charge is -2.35. The Kier molecular flexibility index (Phi) is 6.98. The zero-order valence-electron chi connectivity index (χ0n) is 18.1. The molecule has 6 nitrogen and oxygen atoms in total. The molecule has 0 bridgehead atoms. The molecule has 0 radical (unpaired) electrons. The van der Waals surface area contributed by atoms with E-state index in [-0.39, 0.29) is 24.4 Å². The Bertz CT molecular complexity index is 880. The molecule has 3 rings (SSSR count). The summed E-state index contributed by atoms with van der Waals surface area (Å²) < 4.78 is 5.80. The first-order valence-corrected chi connectivity index (χ1v) is 10.5. The number of likely N-dealkylation sites (N-methyl/N-ethyl adjacent to an activating group) is 1. The lowest BCUT2D eigenvalue weighted by atomic mass is 10.00. The largest absolute Gasteiger partial charge is 0.477 e. The maximum atomic E-state index is 12.8. The van der Waals surface area contributed by atoms with E-state index in [1.807, 2.05) is 36.1 Å². The lowest BCUT2D eigenvalue weighted by Crippen LogP contribution is -2.50. The fourth-order valence-electron chi connectivity index (χ4n) is 3.71. The van der Waals surface area contributed by atoms with Gasteiger partial charge < -0.3 is 20.3 Å². The van der Waals surface area contributed by atoms with E-state index in [0.717, 1.165) is 17.7 Å². The highest BCUT2D eigenvalue weighted by Gasteiger charge is 2.31. The highest BCUT2D eigenvalue weighted by Crippen LogP contribution is 2.32. The Hall–Kier alpha value is -3.02. The molecule has 0 spiro atoms. The van der Waals surface area contributed by atoms with Crippen LogP contribution in [-0.2, 0) is 16.0 Å². The maximum absolute atomic E-state index is 12.8. The molecule has 0 saturated heterocycles. The number of benzene rings is 2. The first-order chi connectivity index (χ1) is 14.4. The summed E-state index contributed by atoms with van der Waals surface area (Å²) in [7, 11) is 1.58. The van der Waals surface area contributed by atoms with E-state index >= 15 is 0 Å². The molecule has 0 unspecified atom stereocenters. The van der Waals surface area contributed by atoms with Gasteiger partial charge in [0.25, 0.3) is 5.91 Å². The summed E-state index contributed by atoms with van der Waals surface area (Å²) in [6.07, 6.45) is 0.396. The molecule has 2 atom stereocenters. The fraction of sp³-hybridized carbons (Fsp3) is 0.417. The molecular weight excluding hydrogens is 378 g/mol. The van der Waals surface area contributed by atoms with Crippen LogP contribution < -0.4 is 20.3 Å². The van der Waals surface area contributed by atoms with Crippen LogP contribution in [0.5, 0.6) is 5.75 Å². The average Bonchev–Trinajstić information content (AvgIpc) is 2.73. The van der Waals surface area contributed by atoms with Gasteiger partial charge in [-0.15, -0.1) is 0 Å². The number of rotatable bonds is 7. The SMILES string of the molecule is CNC(=O)[C@H]1CN(CC(=O)N[C@@H](C)c2ccc(CC(C)C)cc2)c2ccccc2O1. The molecule has 2 amide bonds. The number of fused-ring (bicyclic) bond motifs is 1. The summed E-state index contributed by atoms with van der Waals surface area (Å²) >= 11 is 0. The van der Waals surface area contributed by atoms with Gasteiger partial charge in [0.05, 0.1) is 24.8 Å². The molecule has 6 heteroatoms. The molecule has 0 aliphatic carbocycles. The first-order valence-electron chi connectivity index (χ1n) is 10.5. The quantitative estimate of drug-likeness (QED) is 0.737. The van der Waals surface area contributed by atoms with Gasteiger partial charge in [-0.2, -0.15) is 0 Å². The summed E-state index contributed by atoms with van der Waals surface area (Å²) in [6, 6.07) is 15.8. The van der Waals surface area contributed by atoms with E-state index in [0.29, 0.717) is 18.2 Å². The van der Waals surface area contributed by atoms with Crippen molar-refractivity contribution in [3.63, 3.8) is 0 Å². The molecule has 1 aliphatic rings. The number of hydrogen-bond donors (Lipinski definition) is 2. The van der Waals surface area contributed by atoms with Crippen LogP contribution in [0.1, 0.15) is 37.9 Å². The van der Waals surface area contributed by atoms with Crippen LogP contribution in [-0.4, -0.2) is 38.1 Å². The summed E-state index contributed by atoms with van der Waals surface area (Å²) in [5.74, 6) is 0.924. The third kappa shape index (κ3) is 5.32. The molecule has 0 fully saturated rings. The van der Waals surface area contributed by atoms with Crippen molar-refractivity contribution in [3.05, 3.63) is 59.7 Å². The zero-order chi connectivity index (χ0) is 21.7. The number of carbonyl (C=O) groups excluding carboxylic acids is 2. The van der Waals surface area contributed by atoms with E-state index < -0.39 is 6.10 Å². The Labute approximate surface area is 178 Å². The Morgan fingerprint density at radius 1 is 1.10 bits per heavy atom. The van der Waals surface area contributed by atoms with Crippen molar-refractivity contribution in [2.24, 2.45) is 5.92 Å². The number of ether oxygens (including phenoxy) is 1. The minimum absolute atomic E-state index is 0.0962. The van der Waals surface area contributed by atoms with Crippen LogP contribution >= 0.6 is 0 Å². The second-order valence-electron chi connectivity index (χ2n) is 8.20. The fourth-order valence-corrected chi connectivity index (χ4v) is 3.71. The molecule has 160 valence electrons. The van der Waals surface area contributed by atoms with E-state index in [9.17, 15) is 9.59 Å². The average molecular weight is 410 g/mol. The number of para-hydroxylation sites is 2. The van der Waals surface area contributed by atoms with Crippen molar-refractivity contribution in [3.8, 4) is 5.75 Å². The smallest absolute Gasteiger partial charge is 0.262 e. The van der Waals surface area contributed by atoms with Gasteiger partial charge in [-0.1, -0.05) is 50.2 Å². The molecule has 2 aromatic rings. The zero-order valence-corrected chi connectivity index (χ0v) is 18.1. The molecule has 1 heterocycles. The Morgan fingerprint density at radius 2 is 1.80 bits per heavy atom. The van der Waals surface area contributed by atoms with Gasteiger partial charge in [-0.05, 0) is 42.5 Å². The second kappa shape index (κ2) is 9.65. The van der Waals surface area contributed by atoms with E-state index in [4.69, 9.17) is 4.74 Å². The molecular formula is C24H31N3O3. The number of hydrogen-bond acceptors (Lipinski definition) is 4. The third-order valence-electron chi connectivity index (χ3n) is 5.24. The summed E-state index contributed by atoms with van der Waals surface area (Å²) in [4.78, 5) is 26.8. The molecule has 1 aliphatic heterocycles. The van der Waals surface area contributed by atoms with Gasteiger partial charge in [0.1, 0.15) is 5.75 Å². The topological polar surface area (TPSA) is 70.7 Å². The summed E-state index contributed by atoms with van der Waals surface area (Å²) in [6.45, 7) is 6.87. The highest BCUT2D eigenvalue weighted by molar-refractivity contribution is 5.86. The Morgan fingerprint density at radius 3 is 2.47 bits per heavy atom. The molecule has 2 N–H and O–H groups in total. The van der Waals surface area contributed by atoms with Gasteiger partial charge >= 0.3 is 0 Å². The van der Waals surface area contributed by atoms with Crippen LogP contribution in [0, 0.1) is 5.92 Å². The van der Waals surface area contributed by atoms with Crippen LogP contribution in [0.15, 0.2) is 48.5 Å². The van der Waals surface area contributed by atoms with Gasteiger partial charge in [-0.25, -0.2) is 0 Å². The van der Waals surface area contributed by atoms with Crippen LogP contribution in [0.2, 0.25) is 0 Å². The Balaban J connectivity index is 1.65. The minimum atomic E-state index is -0.649. The van der Waals surface area contributed by atoms with Crippen molar-refractivity contribution in [1.82, 2.24) is 10.6 Å². The van der Waals surface area contributed by atoms with E-state index in [1.54, 1.807) is 7.05 Å². The summed E-state index contributed by atoms with van der Waals surface area (Å²) in [5, 5.41) is 5.69. The minimum Gasteiger partial charge on any atom is -0.477 e. The number of nitrogens with zero attached hydrogens (tertiary/aromatic N) is 1. The van der Waals surface area contributed by atoms with Gasteiger partial charge in [0.15, 0.2) is 6.10 Å². The van der Waals surface area contributed by atoms with Crippen LogP contribution in [0.3, 0.4) is 0 Å². The van der Waals surface area contributed by atoms with Crippen LogP contribution in [0.4, 0.5) is 5.69 Å². The standard InChI is InChI=1S/C24H31N3O3/c1-16(2)13-18-9-11-19(12-10-18)17(3)26-23(28)15-27-14-22(24(29)25-4)30-21-8-6-5-7-20(21)27/h5-12,16-17,22H,13-15H2,1-4H3,(H,25,29)(H,26,28)/t17-,22+/m0/s1.